The number of hydrogen-bond acceptors (Lipinski definition) is 11. The van der Waals surface area contributed by atoms with Gasteiger partial charge in [0.15, 0.2) is 14.0 Å². The number of carbonyl (C=O) groups excluding carboxylic acids is 3. The van der Waals surface area contributed by atoms with Crippen molar-refractivity contribution in [3.05, 3.63) is 52.7 Å². The van der Waals surface area contributed by atoms with Crippen LogP contribution in [-0.4, -0.2) is 92.5 Å². The zero-order chi connectivity index (χ0) is 45.8. The van der Waals surface area contributed by atoms with Gasteiger partial charge in [0.1, 0.15) is 29.2 Å². The van der Waals surface area contributed by atoms with E-state index in [1.165, 1.54) is 29.2 Å². The number of rotatable bonds is 14. The molecule has 0 spiro atoms. The first kappa shape index (κ1) is 50.3. The summed E-state index contributed by atoms with van der Waals surface area (Å²) in [5, 5.41) is 3.12. The molecular weight excluding hydrogens is 849 g/mol. The Morgan fingerprint density at radius 3 is 1.88 bits per heavy atom. The van der Waals surface area contributed by atoms with Gasteiger partial charge in [0, 0.05) is 11.5 Å². The fraction of sp³-hybridized carbons (Fsp3) is 0.600. The minimum Gasteiger partial charge on any atom is -0.492 e. The van der Waals surface area contributed by atoms with Crippen molar-refractivity contribution in [1.82, 2.24) is 14.7 Å². The maximum absolute atomic E-state index is 14.0. The van der Waals surface area contributed by atoms with Crippen LogP contribution >= 0.6 is 11.6 Å². The van der Waals surface area contributed by atoms with Crippen molar-refractivity contribution in [3.8, 4) is 5.75 Å². The Bertz CT molecular complexity index is 2120. The molecule has 1 atom stereocenters. The first-order valence-electron chi connectivity index (χ1n) is 19.5. The van der Waals surface area contributed by atoms with Crippen LogP contribution in [0.15, 0.2) is 36.4 Å². The highest BCUT2D eigenvalue weighted by atomic mass is 35.5. The number of aromatic nitrogens is 2. The van der Waals surface area contributed by atoms with Crippen molar-refractivity contribution in [3.63, 3.8) is 0 Å². The van der Waals surface area contributed by atoms with Gasteiger partial charge in [0.05, 0.1) is 41.7 Å². The van der Waals surface area contributed by atoms with Gasteiger partial charge < -0.3 is 28.3 Å². The van der Waals surface area contributed by atoms with Gasteiger partial charge in [-0.15, -0.1) is 0 Å². The molecule has 336 valence electrons. The number of hydrogen-bond donors (Lipinski definition) is 0. The second-order valence-corrected chi connectivity index (χ2v) is 24.2. The van der Waals surface area contributed by atoms with Crippen LogP contribution in [0.5, 0.6) is 5.75 Å². The van der Waals surface area contributed by atoms with E-state index in [-0.39, 0.29) is 47.1 Å². The largest absolute Gasteiger partial charge is 0.492 e. The predicted molar refractivity (Wildman–Crippen MR) is 226 cm³/mol. The molecule has 60 heavy (non-hydrogen) atoms. The van der Waals surface area contributed by atoms with E-state index < -0.39 is 71.4 Å². The Morgan fingerprint density at radius 1 is 0.833 bits per heavy atom. The highest BCUT2D eigenvalue weighted by Gasteiger charge is 2.39. The Hall–Kier alpha value is -4.07. The molecule has 0 aliphatic heterocycles. The molecule has 20 heteroatoms. The third-order valence-corrected chi connectivity index (χ3v) is 14.9. The quantitative estimate of drug-likeness (QED) is 0.112. The molecule has 0 fully saturated rings. The molecule has 3 rings (SSSR count). The van der Waals surface area contributed by atoms with Crippen molar-refractivity contribution in [1.29, 1.82) is 0 Å². The standard InChI is InChI=1S/C40H58ClF3N4O10SSi/c1-14-60(15-2,16-3)58-32(26-17-20-29(41)31(23-26)48(59(13,52)53)36(51)57-39(10,11)12)25-46(34(49)55-37(4,5)6)21-22-54-27-18-19-28-30(24-27)47(35(50)56-38(7,8)9)45-33(28)40(42,43)44/h17-20,23-24,32H,14-16,21-22,25H2,1-13H3/t32-/m0/s1. The van der Waals surface area contributed by atoms with Crippen LogP contribution < -0.4 is 9.04 Å². The van der Waals surface area contributed by atoms with Crippen molar-refractivity contribution < 1.29 is 59.3 Å². The summed E-state index contributed by atoms with van der Waals surface area (Å²) >= 11 is 6.57. The summed E-state index contributed by atoms with van der Waals surface area (Å²) in [6, 6.07) is 10.2. The lowest BCUT2D eigenvalue weighted by molar-refractivity contribution is -0.140. The summed E-state index contributed by atoms with van der Waals surface area (Å²) in [5.41, 5.74) is -4.27. The summed E-state index contributed by atoms with van der Waals surface area (Å²) in [6.45, 7) is 20.1. The average molecular weight is 908 g/mol. The van der Waals surface area contributed by atoms with E-state index in [4.69, 9.17) is 35.0 Å². The van der Waals surface area contributed by atoms with E-state index in [2.05, 4.69) is 5.10 Å². The molecule has 1 aromatic heterocycles. The Kier molecular flexibility index (Phi) is 15.8. The second-order valence-electron chi connectivity index (χ2n) is 17.3. The van der Waals surface area contributed by atoms with Gasteiger partial charge in [0.25, 0.3) is 0 Å². The van der Waals surface area contributed by atoms with Crippen LogP contribution in [0.4, 0.5) is 33.2 Å². The summed E-state index contributed by atoms with van der Waals surface area (Å²) < 4.78 is 98.6. The minimum atomic E-state index is -4.88. The monoisotopic (exact) mass is 906 g/mol. The summed E-state index contributed by atoms with van der Waals surface area (Å²) in [4.78, 5) is 41.5. The molecule has 0 aliphatic carbocycles. The average Bonchev–Trinajstić information content (AvgIpc) is 3.48. The number of fused-ring (bicyclic) bond motifs is 1. The van der Waals surface area contributed by atoms with Gasteiger partial charge in [0.2, 0.25) is 10.0 Å². The molecule has 0 saturated heterocycles. The van der Waals surface area contributed by atoms with Crippen LogP contribution in [0.3, 0.4) is 0 Å². The predicted octanol–water partition coefficient (Wildman–Crippen LogP) is 10.6. The van der Waals surface area contributed by atoms with Crippen LogP contribution in [-0.2, 0) is 34.8 Å². The smallest absolute Gasteiger partial charge is 0.435 e. The zero-order valence-electron chi connectivity index (χ0n) is 36.6. The third kappa shape index (κ3) is 13.7. The maximum Gasteiger partial charge on any atom is 0.435 e. The first-order chi connectivity index (χ1) is 27.3. The molecular formula is C40H58ClF3N4O10SSi. The third-order valence-electron chi connectivity index (χ3n) is 8.93. The van der Waals surface area contributed by atoms with Gasteiger partial charge in [-0.1, -0.05) is 38.4 Å². The number of halogens is 4. The van der Waals surface area contributed by atoms with Crippen molar-refractivity contribution in [2.75, 3.05) is 30.3 Å². The first-order valence-corrected chi connectivity index (χ1v) is 24.2. The van der Waals surface area contributed by atoms with E-state index >= 15 is 0 Å². The van der Waals surface area contributed by atoms with Gasteiger partial charge in [-0.05, 0) is 110 Å². The number of alkyl halides is 3. The molecule has 2 aromatic carbocycles. The lowest BCUT2D eigenvalue weighted by atomic mass is 10.1. The van der Waals surface area contributed by atoms with E-state index in [1.807, 2.05) is 20.8 Å². The van der Waals surface area contributed by atoms with Gasteiger partial charge >= 0.3 is 24.5 Å². The highest BCUT2D eigenvalue weighted by molar-refractivity contribution is 7.92. The molecule has 1 heterocycles. The summed E-state index contributed by atoms with van der Waals surface area (Å²) in [7, 11) is -6.78. The van der Waals surface area contributed by atoms with Crippen LogP contribution in [0, 0.1) is 0 Å². The normalized spacial score (nSPS) is 13.5. The molecule has 0 N–H and O–H groups in total. The Labute approximate surface area is 356 Å². The number of amides is 2. The number of ether oxygens (including phenoxy) is 4. The van der Waals surface area contributed by atoms with Gasteiger partial charge in [-0.3, -0.25) is 0 Å². The molecule has 0 radical (unpaired) electrons. The van der Waals surface area contributed by atoms with Crippen molar-refractivity contribution in [2.24, 2.45) is 0 Å². The molecule has 3 aromatic rings. The number of nitrogens with zero attached hydrogens (tertiary/aromatic N) is 4. The summed E-state index contributed by atoms with van der Waals surface area (Å²) in [5.74, 6) is 0.0672. The topological polar surface area (TPSA) is 156 Å². The van der Waals surface area contributed by atoms with Crippen LogP contribution in [0.2, 0.25) is 23.2 Å². The van der Waals surface area contributed by atoms with E-state index in [9.17, 15) is 36.0 Å². The van der Waals surface area contributed by atoms with E-state index in [1.54, 1.807) is 68.4 Å². The van der Waals surface area contributed by atoms with Gasteiger partial charge in [-0.25, -0.2) is 22.8 Å². The van der Waals surface area contributed by atoms with Crippen LogP contribution in [0.25, 0.3) is 10.9 Å². The van der Waals surface area contributed by atoms with E-state index in [0.29, 0.717) is 32.7 Å². The second kappa shape index (κ2) is 18.9. The Morgan fingerprint density at radius 2 is 1.38 bits per heavy atom. The van der Waals surface area contributed by atoms with Crippen molar-refractivity contribution in [2.45, 2.75) is 130 Å². The zero-order valence-corrected chi connectivity index (χ0v) is 39.1. The molecule has 0 aliphatic rings. The summed E-state index contributed by atoms with van der Waals surface area (Å²) in [6.07, 6.45) is -7.97. The lowest BCUT2D eigenvalue weighted by Crippen LogP contribution is -2.45. The van der Waals surface area contributed by atoms with Crippen molar-refractivity contribution >= 4 is 64.8 Å². The Balaban J connectivity index is 2.11. The molecule has 0 unspecified atom stereocenters. The molecule has 0 bridgehead atoms. The highest BCUT2D eigenvalue weighted by Crippen LogP contribution is 2.38. The van der Waals surface area contributed by atoms with E-state index in [0.717, 1.165) is 12.3 Å². The number of benzene rings is 2. The minimum absolute atomic E-state index is 0.0662. The molecule has 2 amide bonds. The number of anilines is 1. The van der Waals surface area contributed by atoms with Crippen LogP contribution in [0.1, 0.15) is 100 Å². The maximum atomic E-state index is 14.0. The molecule has 0 saturated carbocycles. The fourth-order valence-corrected chi connectivity index (χ4v) is 9.89. The lowest BCUT2D eigenvalue weighted by Gasteiger charge is -2.37. The number of carbonyl (C=O) groups is 3. The SMILES string of the molecule is CC[Si](CC)(CC)O[C@@H](CN(CCOc1ccc2c(C(F)(F)F)nn(C(=O)OC(C)(C)C)c2c1)C(=O)OC(C)(C)C)c1ccc(Cl)c(N(C(=O)OC(C)(C)C)S(C)(=O)=O)c1. The number of sulfonamides is 1. The fourth-order valence-electron chi connectivity index (χ4n) is 6.01. The molecule has 14 nitrogen and oxygen atoms in total. The van der Waals surface area contributed by atoms with Gasteiger partial charge in [-0.2, -0.15) is 27.3 Å².